The van der Waals surface area contributed by atoms with Crippen molar-refractivity contribution in [3.8, 4) is 11.5 Å². The summed E-state index contributed by atoms with van der Waals surface area (Å²) >= 11 is 1.57. The van der Waals surface area contributed by atoms with E-state index < -0.39 is 5.60 Å². The number of hydrogen-bond donors (Lipinski definition) is 2. The number of piperazine rings is 1. The van der Waals surface area contributed by atoms with Crippen LogP contribution in [0.25, 0.3) is 0 Å². The third kappa shape index (κ3) is 5.83. The average Bonchev–Trinajstić information content (AvgIpc) is 3.46. The molecule has 5 rings (SSSR count). The molecule has 0 saturated carbocycles. The zero-order chi connectivity index (χ0) is 26.3. The van der Waals surface area contributed by atoms with Crippen LogP contribution < -0.4 is 15.4 Å². The van der Waals surface area contributed by atoms with Gasteiger partial charge in [0, 0.05) is 43.9 Å². The van der Waals surface area contributed by atoms with Gasteiger partial charge in [0.15, 0.2) is 5.60 Å². The van der Waals surface area contributed by atoms with Gasteiger partial charge in [-0.3, -0.25) is 4.79 Å². The van der Waals surface area contributed by atoms with E-state index in [0.717, 1.165) is 57.3 Å². The van der Waals surface area contributed by atoms with E-state index in [-0.39, 0.29) is 30.7 Å². The number of thiophene rings is 1. The first kappa shape index (κ1) is 30.6. The Labute approximate surface area is 246 Å². The van der Waals surface area contributed by atoms with Gasteiger partial charge in [0.1, 0.15) is 17.3 Å². The van der Waals surface area contributed by atoms with Gasteiger partial charge in [0.2, 0.25) is 0 Å². The summed E-state index contributed by atoms with van der Waals surface area (Å²) < 4.78 is 6.43. The van der Waals surface area contributed by atoms with Crippen molar-refractivity contribution in [1.82, 2.24) is 4.90 Å². The third-order valence-electron chi connectivity index (χ3n) is 7.78. The third-order valence-corrected chi connectivity index (χ3v) is 8.67. The molecule has 2 aromatic carbocycles. The zero-order valence-corrected chi connectivity index (χ0v) is 25.1. The van der Waals surface area contributed by atoms with E-state index in [0.29, 0.717) is 37.5 Å². The lowest BCUT2D eigenvalue weighted by atomic mass is 9.86. The first-order valence-corrected chi connectivity index (χ1v) is 13.6. The van der Waals surface area contributed by atoms with Gasteiger partial charge in [-0.25, -0.2) is 4.99 Å². The highest BCUT2D eigenvalue weighted by atomic mass is 35.5. The van der Waals surface area contributed by atoms with E-state index in [1.54, 1.807) is 11.3 Å². The van der Waals surface area contributed by atoms with Crippen LogP contribution in [0, 0.1) is 20.8 Å². The van der Waals surface area contributed by atoms with Crippen LogP contribution in [0.5, 0.6) is 11.5 Å². The number of phenols is 1. The smallest absolute Gasteiger partial charge is 0.266 e. The summed E-state index contributed by atoms with van der Waals surface area (Å²) in [6, 6.07) is 12.0. The van der Waals surface area contributed by atoms with Crippen LogP contribution in [0.15, 0.2) is 46.8 Å². The standard InChI is InChI=1S/C29H34N4O3S.2ClH/c1-18-19(2)26-23(20(3)25(18)34)11-12-29(4,36-26)28(35)33-15-13-32(14-16-33)22-9-7-21(8-10-22)31-27(30)24-6-5-17-37-24;;/h5-10,17,34H,11-16H2,1-4H3,(H2,30,31);2*1H. The second-order valence-electron chi connectivity index (χ2n) is 10.1. The summed E-state index contributed by atoms with van der Waals surface area (Å²) in [6.07, 6.45) is 1.31. The van der Waals surface area contributed by atoms with Crippen LogP contribution >= 0.6 is 36.2 Å². The topological polar surface area (TPSA) is 91.4 Å². The molecule has 2 aliphatic heterocycles. The number of nitrogens with two attached hydrogens (primary N) is 1. The molecule has 0 aliphatic carbocycles. The van der Waals surface area contributed by atoms with Crippen molar-refractivity contribution in [3.05, 3.63) is 68.9 Å². The average molecular weight is 592 g/mol. The molecule has 1 fully saturated rings. The van der Waals surface area contributed by atoms with Gasteiger partial charge in [-0.15, -0.1) is 36.2 Å². The largest absolute Gasteiger partial charge is 0.507 e. The fourth-order valence-electron chi connectivity index (χ4n) is 5.26. The number of amidine groups is 1. The predicted molar refractivity (Wildman–Crippen MR) is 164 cm³/mol. The molecule has 0 bridgehead atoms. The van der Waals surface area contributed by atoms with Crippen molar-refractivity contribution in [3.63, 3.8) is 0 Å². The van der Waals surface area contributed by atoms with Gasteiger partial charge in [0.05, 0.1) is 10.6 Å². The molecule has 0 radical (unpaired) electrons. The summed E-state index contributed by atoms with van der Waals surface area (Å²) in [5.41, 5.74) is 10.7. The molecule has 39 heavy (non-hydrogen) atoms. The van der Waals surface area contributed by atoms with E-state index >= 15 is 0 Å². The molecule has 1 unspecified atom stereocenters. The lowest BCUT2D eigenvalue weighted by Crippen LogP contribution is -2.57. The fraction of sp³-hybridized carbons (Fsp3) is 0.379. The Morgan fingerprint density at radius 2 is 1.69 bits per heavy atom. The number of aliphatic imine (C=N–C) groups is 1. The highest BCUT2D eigenvalue weighted by Crippen LogP contribution is 2.43. The Morgan fingerprint density at radius 3 is 2.31 bits per heavy atom. The number of halogens is 2. The van der Waals surface area contributed by atoms with Crippen molar-refractivity contribution in [2.24, 2.45) is 10.7 Å². The Hall–Kier alpha value is -2.94. The quantitative estimate of drug-likeness (QED) is 0.301. The van der Waals surface area contributed by atoms with Crippen molar-refractivity contribution >= 4 is 59.3 Å². The van der Waals surface area contributed by atoms with Crippen molar-refractivity contribution in [2.75, 3.05) is 31.1 Å². The Balaban J connectivity index is 0.00000210. The summed E-state index contributed by atoms with van der Waals surface area (Å²) in [6.45, 7) is 10.5. The number of rotatable bonds is 4. The highest BCUT2D eigenvalue weighted by Gasteiger charge is 2.43. The van der Waals surface area contributed by atoms with Crippen LogP contribution in [0.3, 0.4) is 0 Å². The first-order valence-electron chi connectivity index (χ1n) is 12.7. The van der Waals surface area contributed by atoms with Crippen molar-refractivity contribution in [2.45, 2.75) is 46.1 Å². The normalized spacial score (nSPS) is 18.9. The minimum absolute atomic E-state index is 0. The second-order valence-corrected chi connectivity index (χ2v) is 11.1. The van der Waals surface area contributed by atoms with Gasteiger partial charge in [-0.1, -0.05) is 6.07 Å². The van der Waals surface area contributed by atoms with Gasteiger partial charge in [-0.05, 0) is 86.5 Å². The number of aromatic hydroxyl groups is 1. The number of hydrogen-bond acceptors (Lipinski definition) is 6. The molecule has 1 aromatic heterocycles. The maximum Gasteiger partial charge on any atom is 0.266 e. The molecule has 2 aliphatic rings. The minimum Gasteiger partial charge on any atom is -0.507 e. The number of carbonyl (C=O) groups is 1. The molecule has 7 nitrogen and oxygen atoms in total. The summed E-state index contributed by atoms with van der Waals surface area (Å²) in [4.78, 5) is 23.3. The summed E-state index contributed by atoms with van der Waals surface area (Å²) in [5, 5.41) is 12.4. The molecular formula is C29H36Cl2N4O3S. The lowest BCUT2D eigenvalue weighted by molar-refractivity contribution is -0.148. The summed E-state index contributed by atoms with van der Waals surface area (Å²) in [7, 11) is 0. The molecule has 1 atom stereocenters. The van der Waals surface area contributed by atoms with E-state index in [1.807, 2.05) is 62.2 Å². The highest BCUT2D eigenvalue weighted by molar-refractivity contribution is 7.12. The minimum atomic E-state index is -0.905. The van der Waals surface area contributed by atoms with E-state index in [9.17, 15) is 9.90 Å². The van der Waals surface area contributed by atoms with Crippen LogP contribution in [-0.4, -0.2) is 53.5 Å². The number of anilines is 1. The Kier molecular flexibility index (Phi) is 9.47. The van der Waals surface area contributed by atoms with Gasteiger partial charge in [-0.2, -0.15) is 0 Å². The predicted octanol–water partition coefficient (Wildman–Crippen LogP) is 5.69. The second kappa shape index (κ2) is 12.1. The zero-order valence-electron chi connectivity index (χ0n) is 22.7. The maximum atomic E-state index is 13.6. The lowest BCUT2D eigenvalue weighted by Gasteiger charge is -2.42. The molecule has 1 amide bonds. The van der Waals surface area contributed by atoms with Gasteiger partial charge < -0.3 is 25.4 Å². The number of amides is 1. The Bertz CT molecular complexity index is 1350. The fourth-order valence-corrected chi connectivity index (χ4v) is 5.88. The number of phenolic OH excluding ortho intramolecular Hbond substituents is 1. The molecule has 3 N–H and O–H groups in total. The van der Waals surface area contributed by atoms with Crippen LogP contribution in [0.2, 0.25) is 0 Å². The number of fused-ring (bicyclic) bond motifs is 1. The first-order chi connectivity index (χ1) is 17.7. The maximum absolute atomic E-state index is 13.6. The van der Waals surface area contributed by atoms with Crippen LogP contribution in [0.4, 0.5) is 11.4 Å². The molecule has 210 valence electrons. The monoisotopic (exact) mass is 590 g/mol. The van der Waals surface area contributed by atoms with E-state index in [4.69, 9.17) is 10.5 Å². The summed E-state index contributed by atoms with van der Waals surface area (Å²) in [5.74, 6) is 1.65. The van der Waals surface area contributed by atoms with E-state index in [1.165, 1.54) is 0 Å². The SMILES string of the molecule is Cc1c(C)c2c(c(C)c1O)CCC(C)(C(=O)N1CCN(c3ccc(N=C(N)c4cccs4)cc3)CC1)O2.Cl.Cl. The molecule has 3 aromatic rings. The number of ether oxygens (including phenoxy) is 1. The molecule has 10 heteroatoms. The number of nitrogens with zero attached hydrogens (tertiary/aromatic N) is 3. The number of carbonyl (C=O) groups excluding carboxylic acids is 1. The van der Waals surface area contributed by atoms with E-state index in [2.05, 4.69) is 22.0 Å². The molecular weight excluding hydrogens is 555 g/mol. The van der Waals surface area contributed by atoms with Gasteiger partial charge in [0.25, 0.3) is 5.91 Å². The Morgan fingerprint density at radius 1 is 1.03 bits per heavy atom. The molecule has 1 saturated heterocycles. The molecule has 3 heterocycles. The van der Waals surface area contributed by atoms with Crippen molar-refractivity contribution < 1.29 is 14.6 Å². The number of benzene rings is 2. The van der Waals surface area contributed by atoms with Crippen LogP contribution in [0.1, 0.15) is 40.5 Å². The molecule has 0 spiro atoms. The van der Waals surface area contributed by atoms with Crippen LogP contribution in [-0.2, 0) is 11.2 Å². The van der Waals surface area contributed by atoms with Crippen molar-refractivity contribution in [1.29, 1.82) is 0 Å². The van der Waals surface area contributed by atoms with Gasteiger partial charge >= 0.3 is 0 Å².